The first-order valence-corrected chi connectivity index (χ1v) is 8.66. The van der Waals surface area contributed by atoms with Gasteiger partial charge in [-0.3, -0.25) is 4.79 Å². The second-order valence-electron chi connectivity index (χ2n) is 6.17. The number of rotatable bonds is 2. The van der Waals surface area contributed by atoms with E-state index in [1.165, 1.54) is 10.4 Å². The third-order valence-electron chi connectivity index (χ3n) is 4.53. The molecule has 23 heavy (non-hydrogen) atoms. The number of aromatic nitrogens is 2. The number of aromatic amines is 1. The fourth-order valence-corrected chi connectivity index (χ4v) is 4.62. The van der Waals surface area contributed by atoms with E-state index in [0.717, 1.165) is 40.8 Å². The molecule has 2 aromatic heterocycles. The Morgan fingerprint density at radius 3 is 2.83 bits per heavy atom. The van der Waals surface area contributed by atoms with Crippen LogP contribution in [0.1, 0.15) is 23.8 Å². The molecule has 0 bridgehead atoms. The number of nitrogens with zero attached hydrogens (tertiary/aromatic N) is 1. The van der Waals surface area contributed by atoms with Crippen LogP contribution in [0.15, 0.2) is 29.1 Å². The van der Waals surface area contributed by atoms with Crippen LogP contribution >= 0.6 is 11.3 Å². The Kier molecular flexibility index (Phi) is 3.45. The summed E-state index contributed by atoms with van der Waals surface area (Å²) < 4.78 is 5.17. The molecule has 1 atom stereocenters. The topological polar surface area (TPSA) is 55.0 Å². The van der Waals surface area contributed by atoms with Crippen molar-refractivity contribution in [1.82, 2.24) is 9.97 Å². The van der Waals surface area contributed by atoms with Gasteiger partial charge in [-0.05, 0) is 55.0 Å². The molecule has 0 aliphatic heterocycles. The number of ether oxygens (including phenoxy) is 1. The molecule has 4 nitrogen and oxygen atoms in total. The lowest BCUT2D eigenvalue weighted by Crippen LogP contribution is -2.13. The van der Waals surface area contributed by atoms with Gasteiger partial charge in [-0.25, -0.2) is 4.98 Å². The number of nitrogens with one attached hydrogen (secondary N) is 1. The van der Waals surface area contributed by atoms with Gasteiger partial charge in [0.05, 0.1) is 12.5 Å². The number of H-pyrrole nitrogens is 1. The fraction of sp³-hybridized carbons (Fsp3) is 0.333. The van der Waals surface area contributed by atoms with E-state index >= 15 is 0 Å². The third kappa shape index (κ3) is 2.45. The van der Waals surface area contributed by atoms with Crippen LogP contribution in [0.5, 0.6) is 5.75 Å². The van der Waals surface area contributed by atoms with Crippen molar-refractivity contribution in [1.29, 1.82) is 0 Å². The monoisotopic (exact) mass is 326 g/mol. The van der Waals surface area contributed by atoms with E-state index in [9.17, 15) is 4.79 Å². The summed E-state index contributed by atoms with van der Waals surface area (Å²) >= 11 is 1.68. The molecule has 2 heterocycles. The minimum Gasteiger partial charge on any atom is -0.497 e. The van der Waals surface area contributed by atoms with E-state index in [4.69, 9.17) is 9.72 Å². The number of benzene rings is 1. The zero-order chi connectivity index (χ0) is 16.0. The second kappa shape index (κ2) is 5.49. The molecule has 1 aromatic carbocycles. The van der Waals surface area contributed by atoms with Crippen LogP contribution < -0.4 is 10.3 Å². The molecular formula is C18H18N2O2S. The summed E-state index contributed by atoms with van der Waals surface area (Å²) in [5.74, 6) is 2.10. The number of hydrogen-bond acceptors (Lipinski definition) is 4. The van der Waals surface area contributed by atoms with E-state index in [-0.39, 0.29) is 5.56 Å². The number of hydrogen-bond donors (Lipinski definition) is 1. The summed E-state index contributed by atoms with van der Waals surface area (Å²) in [4.78, 5) is 22.5. The smallest absolute Gasteiger partial charge is 0.260 e. The highest BCUT2D eigenvalue weighted by Crippen LogP contribution is 2.36. The molecule has 4 rings (SSSR count). The lowest BCUT2D eigenvalue weighted by Gasteiger charge is -2.17. The number of methoxy groups -OCH3 is 1. The summed E-state index contributed by atoms with van der Waals surface area (Å²) in [7, 11) is 1.64. The first-order chi connectivity index (χ1) is 11.2. The van der Waals surface area contributed by atoms with Gasteiger partial charge in [-0.15, -0.1) is 11.3 Å². The van der Waals surface area contributed by atoms with Gasteiger partial charge >= 0.3 is 0 Å². The minimum absolute atomic E-state index is 0.0205. The van der Waals surface area contributed by atoms with Crippen molar-refractivity contribution in [2.75, 3.05) is 7.11 Å². The highest BCUT2D eigenvalue weighted by Gasteiger charge is 2.23. The van der Waals surface area contributed by atoms with Gasteiger partial charge in [0.15, 0.2) is 0 Å². The minimum atomic E-state index is -0.0205. The summed E-state index contributed by atoms with van der Waals surface area (Å²) in [5, 5.41) is 0.800. The molecule has 0 unspecified atom stereocenters. The van der Waals surface area contributed by atoms with Crippen molar-refractivity contribution >= 4 is 21.6 Å². The first kappa shape index (κ1) is 14.5. The number of fused-ring (bicyclic) bond motifs is 3. The maximum absolute atomic E-state index is 12.6. The Hall–Kier alpha value is -2.14. The van der Waals surface area contributed by atoms with Crippen LogP contribution in [0.4, 0.5) is 0 Å². The van der Waals surface area contributed by atoms with Gasteiger partial charge in [0.25, 0.3) is 5.56 Å². The quantitative estimate of drug-likeness (QED) is 0.779. The predicted molar refractivity (Wildman–Crippen MR) is 93.4 cm³/mol. The van der Waals surface area contributed by atoms with Gasteiger partial charge in [-0.1, -0.05) is 6.92 Å². The molecule has 0 saturated heterocycles. The third-order valence-corrected chi connectivity index (χ3v) is 5.68. The van der Waals surface area contributed by atoms with Gasteiger partial charge in [-0.2, -0.15) is 0 Å². The van der Waals surface area contributed by atoms with Crippen molar-refractivity contribution in [2.24, 2.45) is 5.92 Å². The maximum Gasteiger partial charge on any atom is 0.260 e. The van der Waals surface area contributed by atoms with Crippen LogP contribution in [0, 0.1) is 5.92 Å². The Morgan fingerprint density at radius 2 is 2.09 bits per heavy atom. The average molecular weight is 326 g/mol. The van der Waals surface area contributed by atoms with Crippen LogP contribution in [-0.2, 0) is 12.8 Å². The molecule has 0 amide bonds. The molecular weight excluding hydrogens is 308 g/mol. The second-order valence-corrected chi connectivity index (χ2v) is 7.26. The Balaban J connectivity index is 1.85. The lowest BCUT2D eigenvalue weighted by atomic mass is 9.89. The summed E-state index contributed by atoms with van der Waals surface area (Å²) in [6.45, 7) is 2.27. The largest absolute Gasteiger partial charge is 0.497 e. The summed E-state index contributed by atoms with van der Waals surface area (Å²) in [6.07, 6.45) is 3.20. The van der Waals surface area contributed by atoms with Gasteiger partial charge in [0.1, 0.15) is 16.4 Å². The van der Waals surface area contributed by atoms with E-state index in [1.807, 2.05) is 24.3 Å². The molecule has 0 radical (unpaired) electrons. The molecule has 1 N–H and O–H groups in total. The first-order valence-electron chi connectivity index (χ1n) is 7.84. The van der Waals surface area contributed by atoms with Crippen molar-refractivity contribution in [3.05, 3.63) is 45.1 Å². The summed E-state index contributed by atoms with van der Waals surface area (Å²) in [6, 6.07) is 7.58. The zero-order valence-corrected chi connectivity index (χ0v) is 14.0. The van der Waals surface area contributed by atoms with Crippen molar-refractivity contribution in [3.8, 4) is 17.1 Å². The Bertz CT molecular complexity index is 925. The van der Waals surface area contributed by atoms with Crippen LogP contribution in [0.3, 0.4) is 0 Å². The number of aryl methyl sites for hydroxylation is 1. The van der Waals surface area contributed by atoms with Gasteiger partial charge in [0.2, 0.25) is 0 Å². The Labute approximate surface area is 138 Å². The van der Waals surface area contributed by atoms with E-state index in [0.29, 0.717) is 11.7 Å². The van der Waals surface area contributed by atoms with Crippen molar-refractivity contribution in [2.45, 2.75) is 26.2 Å². The lowest BCUT2D eigenvalue weighted by molar-refractivity contribution is 0.415. The molecule has 1 aliphatic rings. The standard InChI is InChI=1S/C18H18N2O2S/c1-10-3-8-13-14(9-10)23-18-15(13)17(21)19-16(20-18)11-4-6-12(22-2)7-5-11/h4-7,10H,3,8-9H2,1-2H3,(H,19,20,21)/t10-/m0/s1. The molecule has 0 saturated carbocycles. The van der Waals surface area contributed by atoms with Gasteiger partial charge in [0, 0.05) is 10.4 Å². The molecule has 3 aromatic rings. The van der Waals surface area contributed by atoms with Crippen molar-refractivity contribution < 1.29 is 4.74 Å². The average Bonchev–Trinajstić information content (AvgIpc) is 2.92. The van der Waals surface area contributed by atoms with E-state index in [1.54, 1.807) is 18.4 Å². The summed E-state index contributed by atoms with van der Waals surface area (Å²) in [5.41, 5.74) is 2.09. The zero-order valence-electron chi connectivity index (χ0n) is 13.2. The van der Waals surface area contributed by atoms with Crippen LogP contribution in [-0.4, -0.2) is 17.1 Å². The normalized spacial score (nSPS) is 17.2. The van der Waals surface area contributed by atoms with Crippen LogP contribution in [0.2, 0.25) is 0 Å². The molecule has 1 aliphatic carbocycles. The maximum atomic E-state index is 12.6. The fourth-order valence-electron chi connectivity index (χ4n) is 3.23. The molecule has 5 heteroatoms. The predicted octanol–water partition coefficient (Wildman–Crippen LogP) is 3.79. The van der Waals surface area contributed by atoms with Crippen molar-refractivity contribution in [3.63, 3.8) is 0 Å². The SMILES string of the molecule is COc1ccc(-c2nc3sc4c(c3c(=O)[nH]2)CC[C@H](C)C4)cc1. The molecule has 0 spiro atoms. The highest BCUT2D eigenvalue weighted by atomic mass is 32.1. The Morgan fingerprint density at radius 1 is 1.30 bits per heavy atom. The van der Waals surface area contributed by atoms with E-state index in [2.05, 4.69) is 11.9 Å². The van der Waals surface area contributed by atoms with Gasteiger partial charge < -0.3 is 9.72 Å². The molecule has 0 fully saturated rings. The number of thiophene rings is 1. The van der Waals surface area contributed by atoms with E-state index < -0.39 is 0 Å². The highest BCUT2D eigenvalue weighted by molar-refractivity contribution is 7.18. The van der Waals surface area contributed by atoms with Crippen LogP contribution in [0.25, 0.3) is 21.6 Å². The molecule has 118 valence electrons.